The predicted molar refractivity (Wildman–Crippen MR) is 61.1 cm³/mol. The van der Waals surface area contributed by atoms with E-state index in [0.29, 0.717) is 10.9 Å². The van der Waals surface area contributed by atoms with Gasteiger partial charge in [-0.3, -0.25) is 0 Å². The number of rotatable bonds is 4. The highest BCUT2D eigenvalue weighted by Crippen LogP contribution is 2.38. The second kappa shape index (κ2) is 5.73. The predicted octanol–water partition coefficient (Wildman–Crippen LogP) is 3.40. The van der Waals surface area contributed by atoms with E-state index in [1.54, 1.807) is 0 Å². The summed E-state index contributed by atoms with van der Waals surface area (Å²) in [6, 6.07) is 2.36. The number of aryl methyl sites for hydroxylation is 1. The van der Waals surface area contributed by atoms with Crippen molar-refractivity contribution in [2.45, 2.75) is 19.0 Å². The lowest BCUT2D eigenvalue weighted by Crippen LogP contribution is -2.10. The lowest BCUT2D eigenvalue weighted by molar-refractivity contribution is -0.138. The monoisotopic (exact) mass is 312 g/mol. The normalized spacial score (nSPS) is 11.6. The highest BCUT2D eigenvalue weighted by molar-refractivity contribution is 9.10. The topological polar surface area (TPSA) is 29.5 Å². The van der Waals surface area contributed by atoms with E-state index < -0.39 is 11.7 Å². The van der Waals surface area contributed by atoms with Crippen LogP contribution in [-0.4, -0.2) is 18.8 Å². The summed E-state index contributed by atoms with van der Waals surface area (Å²) in [6.45, 7) is -0.138. The van der Waals surface area contributed by atoms with Gasteiger partial charge in [0.05, 0.1) is 17.1 Å². The van der Waals surface area contributed by atoms with Crippen LogP contribution < -0.4 is 4.74 Å². The van der Waals surface area contributed by atoms with Crippen LogP contribution in [0, 0.1) is 0 Å². The van der Waals surface area contributed by atoms with Crippen molar-refractivity contribution in [1.82, 2.24) is 0 Å². The van der Waals surface area contributed by atoms with Gasteiger partial charge < -0.3 is 9.84 Å². The van der Waals surface area contributed by atoms with Gasteiger partial charge in [-0.2, -0.15) is 13.2 Å². The number of alkyl halides is 3. The molecule has 0 radical (unpaired) electrons. The summed E-state index contributed by atoms with van der Waals surface area (Å²) in [5.41, 5.74) is -0.565. The third kappa shape index (κ3) is 3.61. The summed E-state index contributed by atoms with van der Waals surface area (Å²) in [4.78, 5) is 0. The first-order chi connectivity index (χ1) is 7.90. The Hall–Kier alpha value is -0.750. The summed E-state index contributed by atoms with van der Waals surface area (Å²) < 4.78 is 43.7. The first-order valence-electron chi connectivity index (χ1n) is 4.94. The molecular formula is C11H12BrF3O2. The zero-order valence-electron chi connectivity index (χ0n) is 9.14. The Bertz CT molecular complexity index is 391. The van der Waals surface area contributed by atoms with E-state index in [1.165, 1.54) is 13.2 Å². The van der Waals surface area contributed by atoms with Gasteiger partial charge in [0.25, 0.3) is 0 Å². The number of aliphatic hydroxyl groups is 1. The lowest BCUT2D eigenvalue weighted by Gasteiger charge is -2.15. The minimum absolute atomic E-state index is 0.138. The van der Waals surface area contributed by atoms with Gasteiger partial charge in [-0.15, -0.1) is 0 Å². The molecule has 0 unspecified atom stereocenters. The van der Waals surface area contributed by atoms with Crippen molar-refractivity contribution in [3.63, 3.8) is 0 Å². The number of methoxy groups -OCH3 is 1. The average molecular weight is 313 g/mol. The SMILES string of the molecule is COc1cc(C(F)(F)F)c(CCCO)cc1Br. The van der Waals surface area contributed by atoms with Gasteiger partial charge in [-0.1, -0.05) is 0 Å². The third-order valence-corrected chi connectivity index (χ3v) is 2.91. The van der Waals surface area contributed by atoms with Crippen molar-refractivity contribution >= 4 is 15.9 Å². The van der Waals surface area contributed by atoms with Crippen LogP contribution >= 0.6 is 15.9 Å². The summed E-state index contributed by atoms with van der Waals surface area (Å²) in [6.07, 6.45) is -3.95. The molecule has 0 amide bonds. The number of halogens is 4. The molecule has 0 aliphatic carbocycles. The van der Waals surface area contributed by atoms with E-state index in [0.717, 1.165) is 6.07 Å². The maximum Gasteiger partial charge on any atom is 0.416 e. The standard InChI is InChI=1S/C11H12BrF3O2/c1-17-10-6-8(11(13,14)15)7(3-2-4-16)5-9(10)12/h5-6,16H,2-4H2,1H3. The molecule has 6 heteroatoms. The number of aliphatic hydroxyl groups excluding tert-OH is 1. The van der Waals surface area contributed by atoms with E-state index in [4.69, 9.17) is 9.84 Å². The molecule has 1 rings (SSSR count). The number of ether oxygens (including phenoxy) is 1. The fourth-order valence-electron chi connectivity index (χ4n) is 1.49. The van der Waals surface area contributed by atoms with Crippen molar-refractivity contribution in [2.24, 2.45) is 0 Å². The zero-order valence-corrected chi connectivity index (χ0v) is 10.7. The fourth-order valence-corrected chi connectivity index (χ4v) is 2.04. The van der Waals surface area contributed by atoms with Crippen molar-refractivity contribution < 1.29 is 23.0 Å². The molecule has 96 valence electrons. The summed E-state index contributed by atoms with van der Waals surface area (Å²) >= 11 is 3.15. The molecule has 0 aliphatic heterocycles. The highest BCUT2D eigenvalue weighted by atomic mass is 79.9. The molecule has 1 N–H and O–H groups in total. The van der Waals surface area contributed by atoms with Crippen molar-refractivity contribution in [1.29, 1.82) is 0 Å². The second-order valence-corrected chi connectivity index (χ2v) is 4.32. The van der Waals surface area contributed by atoms with E-state index in [2.05, 4.69) is 15.9 Å². The molecule has 0 spiro atoms. The molecule has 17 heavy (non-hydrogen) atoms. The highest BCUT2D eigenvalue weighted by Gasteiger charge is 2.34. The quantitative estimate of drug-likeness (QED) is 0.923. The van der Waals surface area contributed by atoms with Gasteiger partial charge in [0, 0.05) is 6.61 Å². The Morgan fingerprint density at radius 3 is 2.47 bits per heavy atom. The van der Waals surface area contributed by atoms with Crippen LogP contribution in [0.15, 0.2) is 16.6 Å². The first-order valence-corrected chi connectivity index (χ1v) is 5.74. The third-order valence-electron chi connectivity index (χ3n) is 2.29. The molecule has 0 heterocycles. The molecule has 0 atom stereocenters. The van der Waals surface area contributed by atoms with E-state index in [9.17, 15) is 13.2 Å². The van der Waals surface area contributed by atoms with Crippen molar-refractivity contribution in [3.05, 3.63) is 27.7 Å². The van der Waals surface area contributed by atoms with Crippen LogP contribution in [0.3, 0.4) is 0 Å². The van der Waals surface area contributed by atoms with Crippen LogP contribution in [0.1, 0.15) is 17.5 Å². The number of hydrogen-bond donors (Lipinski definition) is 1. The lowest BCUT2D eigenvalue weighted by atomic mass is 10.0. The van der Waals surface area contributed by atoms with Gasteiger partial charge in [0.1, 0.15) is 5.75 Å². The number of hydrogen-bond acceptors (Lipinski definition) is 2. The molecule has 1 aromatic carbocycles. The minimum Gasteiger partial charge on any atom is -0.496 e. The van der Waals surface area contributed by atoms with Crippen LogP contribution in [0.2, 0.25) is 0 Å². The van der Waals surface area contributed by atoms with Crippen molar-refractivity contribution in [2.75, 3.05) is 13.7 Å². The van der Waals surface area contributed by atoms with E-state index in [-0.39, 0.29) is 24.3 Å². The van der Waals surface area contributed by atoms with Gasteiger partial charge >= 0.3 is 6.18 Å². The smallest absolute Gasteiger partial charge is 0.416 e. The zero-order chi connectivity index (χ0) is 13.1. The van der Waals surface area contributed by atoms with Gasteiger partial charge in [0.2, 0.25) is 0 Å². The van der Waals surface area contributed by atoms with Gasteiger partial charge in [-0.25, -0.2) is 0 Å². The average Bonchev–Trinajstić information content (AvgIpc) is 2.24. The molecule has 0 saturated carbocycles. The molecule has 0 aliphatic rings. The molecule has 0 bridgehead atoms. The molecule has 0 aromatic heterocycles. The Kier molecular flexibility index (Phi) is 4.82. The molecule has 0 saturated heterocycles. The Labute approximate surface area is 106 Å². The first kappa shape index (κ1) is 14.3. The maximum absolute atomic E-state index is 12.8. The number of benzene rings is 1. The molecule has 0 fully saturated rings. The van der Waals surface area contributed by atoms with E-state index in [1.807, 2.05) is 0 Å². The summed E-state index contributed by atoms with van der Waals surface area (Å²) in [5.74, 6) is 0.144. The van der Waals surface area contributed by atoms with Gasteiger partial charge in [-0.05, 0) is 46.5 Å². The Morgan fingerprint density at radius 1 is 1.35 bits per heavy atom. The summed E-state index contributed by atoms with van der Waals surface area (Å²) in [7, 11) is 1.31. The largest absolute Gasteiger partial charge is 0.496 e. The molecule has 2 nitrogen and oxygen atoms in total. The minimum atomic E-state index is -4.42. The Balaban J connectivity index is 3.21. The van der Waals surface area contributed by atoms with Crippen molar-refractivity contribution in [3.8, 4) is 5.75 Å². The Morgan fingerprint density at radius 2 is 2.00 bits per heavy atom. The van der Waals surface area contributed by atoms with E-state index >= 15 is 0 Å². The maximum atomic E-state index is 12.8. The summed E-state index contributed by atoms with van der Waals surface area (Å²) in [5, 5.41) is 8.67. The van der Waals surface area contributed by atoms with Crippen LogP contribution in [0.5, 0.6) is 5.75 Å². The van der Waals surface area contributed by atoms with Gasteiger partial charge in [0.15, 0.2) is 0 Å². The molecular weight excluding hydrogens is 301 g/mol. The second-order valence-electron chi connectivity index (χ2n) is 3.47. The molecule has 1 aromatic rings. The van der Waals surface area contributed by atoms with Crippen LogP contribution in [0.25, 0.3) is 0 Å². The van der Waals surface area contributed by atoms with Crippen LogP contribution in [-0.2, 0) is 12.6 Å². The fraction of sp³-hybridized carbons (Fsp3) is 0.455. The van der Waals surface area contributed by atoms with Crippen LogP contribution in [0.4, 0.5) is 13.2 Å².